The molecule has 0 aliphatic heterocycles. The monoisotopic (exact) mass is 325 g/mol. The van der Waals surface area contributed by atoms with Crippen molar-refractivity contribution in [2.75, 3.05) is 5.32 Å². The summed E-state index contributed by atoms with van der Waals surface area (Å²) in [5.41, 5.74) is 4.70. The Morgan fingerprint density at radius 3 is 2.24 bits per heavy atom. The van der Waals surface area contributed by atoms with E-state index >= 15 is 0 Å². The number of anilines is 1. The summed E-state index contributed by atoms with van der Waals surface area (Å²) in [6, 6.07) is 23.0. The van der Waals surface area contributed by atoms with Crippen molar-refractivity contribution in [3.05, 3.63) is 84.4 Å². The number of aromatic nitrogens is 2. The Labute approximate surface area is 144 Å². The molecule has 4 heteroatoms. The molecule has 4 rings (SSSR count). The summed E-state index contributed by atoms with van der Waals surface area (Å²) in [4.78, 5) is 21.5. The highest BCUT2D eigenvalue weighted by Gasteiger charge is 2.07. The highest BCUT2D eigenvalue weighted by molar-refractivity contribution is 6.06. The van der Waals surface area contributed by atoms with Crippen LogP contribution in [0.2, 0.25) is 0 Å². The van der Waals surface area contributed by atoms with E-state index in [0.29, 0.717) is 11.2 Å². The Balaban J connectivity index is 1.65. The second kappa shape index (κ2) is 6.53. The Morgan fingerprint density at radius 1 is 0.760 bits per heavy atom. The molecule has 0 atom stereocenters. The zero-order valence-electron chi connectivity index (χ0n) is 13.4. The van der Waals surface area contributed by atoms with E-state index < -0.39 is 0 Å². The number of nitrogens with one attached hydrogen (secondary N) is 1. The molecule has 0 saturated heterocycles. The van der Waals surface area contributed by atoms with E-state index in [1.54, 1.807) is 6.08 Å². The maximum absolute atomic E-state index is 12.2. The van der Waals surface area contributed by atoms with Crippen molar-refractivity contribution in [2.24, 2.45) is 0 Å². The average Bonchev–Trinajstić information content (AvgIpc) is 2.66. The number of benzene rings is 3. The van der Waals surface area contributed by atoms with Gasteiger partial charge in [-0.1, -0.05) is 48.5 Å². The molecule has 0 aliphatic rings. The van der Waals surface area contributed by atoms with Crippen molar-refractivity contribution < 1.29 is 4.79 Å². The van der Waals surface area contributed by atoms with Gasteiger partial charge in [0.2, 0.25) is 5.91 Å². The molecule has 4 aromatic rings. The molecule has 0 saturated carbocycles. The Kier molecular flexibility index (Phi) is 3.92. The Hall–Kier alpha value is -3.53. The highest BCUT2D eigenvalue weighted by atomic mass is 16.1. The third kappa shape index (κ3) is 3.23. The van der Waals surface area contributed by atoms with Gasteiger partial charge < -0.3 is 5.32 Å². The summed E-state index contributed by atoms with van der Waals surface area (Å²) >= 11 is 0. The van der Waals surface area contributed by atoms with Gasteiger partial charge in [0.25, 0.3) is 0 Å². The average molecular weight is 325 g/mol. The van der Waals surface area contributed by atoms with Gasteiger partial charge in [0, 0.05) is 6.08 Å². The van der Waals surface area contributed by atoms with Crippen LogP contribution in [0.1, 0.15) is 5.56 Å². The summed E-state index contributed by atoms with van der Waals surface area (Å²) in [6.07, 6.45) is 3.30. The van der Waals surface area contributed by atoms with Crippen LogP contribution in [0.25, 0.3) is 28.1 Å². The number of carbonyl (C=O) groups is 1. The van der Waals surface area contributed by atoms with Crippen LogP contribution < -0.4 is 5.32 Å². The normalized spacial score (nSPS) is 11.2. The fraction of sp³-hybridized carbons (Fsp3) is 0. The summed E-state index contributed by atoms with van der Waals surface area (Å²) in [6.45, 7) is 0. The lowest BCUT2D eigenvalue weighted by Crippen LogP contribution is -2.08. The minimum Gasteiger partial charge on any atom is -0.321 e. The standard InChI is InChI=1S/C21H15N3O/c25-20(14-13-15-7-2-1-3-8-15)23-19-12-6-11-18-21(19)24-17-10-5-4-9-16(17)22-18/h1-14H,(H,23,25). The first-order chi connectivity index (χ1) is 12.3. The van der Waals surface area contributed by atoms with Gasteiger partial charge in [-0.05, 0) is 35.9 Å². The van der Waals surface area contributed by atoms with Gasteiger partial charge in [0.1, 0.15) is 5.52 Å². The molecule has 0 unspecified atom stereocenters. The lowest BCUT2D eigenvalue weighted by Gasteiger charge is -2.07. The van der Waals surface area contributed by atoms with Crippen molar-refractivity contribution in [1.82, 2.24) is 9.97 Å². The molecule has 1 N–H and O–H groups in total. The predicted octanol–water partition coefficient (Wildman–Crippen LogP) is 4.43. The summed E-state index contributed by atoms with van der Waals surface area (Å²) in [7, 11) is 0. The molecule has 0 fully saturated rings. The largest absolute Gasteiger partial charge is 0.321 e. The molecular formula is C21H15N3O. The van der Waals surface area contributed by atoms with E-state index in [1.807, 2.05) is 72.8 Å². The van der Waals surface area contributed by atoms with Crippen LogP contribution in [0.3, 0.4) is 0 Å². The number of carbonyl (C=O) groups excluding carboxylic acids is 1. The maximum atomic E-state index is 12.2. The van der Waals surface area contributed by atoms with Crippen LogP contribution in [0.15, 0.2) is 78.9 Å². The van der Waals surface area contributed by atoms with E-state index in [-0.39, 0.29) is 5.91 Å². The number of rotatable bonds is 3. The molecule has 1 heterocycles. The topological polar surface area (TPSA) is 54.9 Å². The number of para-hydroxylation sites is 3. The zero-order valence-corrected chi connectivity index (χ0v) is 13.4. The molecule has 0 bridgehead atoms. The van der Waals surface area contributed by atoms with Gasteiger partial charge in [0.15, 0.2) is 0 Å². The van der Waals surface area contributed by atoms with Crippen LogP contribution in [-0.2, 0) is 4.79 Å². The molecule has 3 aromatic carbocycles. The lowest BCUT2D eigenvalue weighted by atomic mass is 10.2. The number of hydrogen-bond acceptors (Lipinski definition) is 3. The second-order valence-electron chi connectivity index (χ2n) is 5.62. The van der Waals surface area contributed by atoms with Gasteiger partial charge in [-0.25, -0.2) is 9.97 Å². The summed E-state index contributed by atoms with van der Waals surface area (Å²) < 4.78 is 0. The number of hydrogen-bond donors (Lipinski definition) is 1. The third-order valence-electron chi connectivity index (χ3n) is 3.85. The van der Waals surface area contributed by atoms with Crippen molar-refractivity contribution in [3.8, 4) is 0 Å². The lowest BCUT2D eigenvalue weighted by molar-refractivity contribution is -0.111. The van der Waals surface area contributed by atoms with Gasteiger partial charge in [-0.2, -0.15) is 0 Å². The number of fused-ring (bicyclic) bond motifs is 2. The first-order valence-corrected chi connectivity index (χ1v) is 7.99. The predicted molar refractivity (Wildman–Crippen MR) is 101 cm³/mol. The summed E-state index contributed by atoms with van der Waals surface area (Å²) in [5.74, 6) is -0.202. The molecular weight excluding hydrogens is 310 g/mol. The smallest absolute Gasteiger partial charge is 0.248 e. The van der Waals surface area contributed by atoms with Gasteiger partial charge in [0.05, 0.1) is 22.2 Å². The van der Waals surface area contributed by atoms with Crippen LogP contribution in [0.4, 0.5) is 5.69 Å². The zero-order chi connectivity index (χ0) is 17.1. The Bertz CT molecular complexity index is 1090. The van der Waals surface area contributed by atoms with Crippen molar-refractivity contribution in [2.45, 2.75) is 0 Å². The van der Waals surface area contributed by atoms with E-state index in [9.17, 15) is 4.79 Å². The molecule has 0 spiro atoms. The first-order valence-electron chi connectivity index (χ1n) is 7.99. The molecule has 0 radical (unpaired) electrons. The van der Waals surface area contributed by atoms with Crippen molar-refractivity contribution in [3.63, 3.8) is 0 Å². The van der Waals surface area contributed by atoms with Gasteiger partial charge in [-0.15, -0.1) is 0 Å². The van der Waals surface area contributed by atoms with E-state index in [4.69, 9.17) is 0 Å². The molecule has 25 heavy (non-hydrogen) atoms. The van der Waals surface area contributed by atoms with Crippen molar-refractivity contribution >= 4 is 39.7 Å². The van der Waals surface area contributed by atoms with Gasteiger partial charge in [-0.3, -0.25) is 4.79 Å². The third-order valence-corrected chi connectivity index (χ3v) is 3.85. The van der Waals surface area contributed by atoms with Gasteiger partial charge >= 0.3 is 0 Å². The van der Waals surface area contributed by atoms with Crippen molar-refractivity contribution in [1.29, 1.82) is 0 Å². The highest BCUT2D eigenvalue weighted by Crippen LogP contribution is 2.23. The number of nitrogens with zero attached hydrogens (tertiary/aromatic N) is 2. The van der Waals surface area contributed by atoms with Crippen LogP contribution in [-0.4, -0.2) is 15.9 Å². The second-order valence-corrected chi connectivity index (χ2v) is 5.62. The van der Waals surface area contributed by atoms with E-state index in [0.717, 1.165) is 22.1 Å². The minimum absolute atomic E-state index is 0.202. The SMILES string of the molecule is O=C(C=Cc1ccccc1)Nc1cccc2nc3ccccc3nc12. The molecule has 1 amide bonds. The Morgan fingerprint density at radius 2 is 1.44 bits per heavy atom. The minimum atomic E-state index is -0.202. The van der Waals surface area contributed by atoms with Crippen LogP contribution >= 0.6 is 0 Å². The fourth-order valence-electron chi connectivity index (χ4n) is 2.65. The van der Waals surface area contributed by atoms with Crippen LogP contribution in [0.5, 0.6) is 0 Å². The van der Waals surface area contributed by atoms with E-state index in [1.165, 1.54) is 6.08 Å². The summed E-state index contributed by atoms with van der Waals surface area (Å²) in [5, 5.41) is 2.89. The van der Waals surface area contributed by atoms with Crippen LogP contribution in [0, 0.1) is 0 Å². The molecule has 1 aromatic heterocycles. The quantitative estimate of drug-likeness (QED) is 0.448. The molecule has 120 valence electrons. The first kappa shape index (κ1) is 15.0. The van der Waals surface area contributed by atoms with E-state index in [2.05, 4.69) is 15.3 Å². The number of amides is 1. The molecule has 0 aliphatic carbocycles. The molecule has 4 nitrogen and oxygen atoms in total. The maximum Gasteiger partial charge on any atom is 0.248 e. The fourth-order valence-corrected chi connectivity index (χ4v) is 2.65.